The topological polar surface area (TPSA) is 152 Å². The summed E-state index contributed by atoms with van der Waals surface area (Å²) in [6.07, 6.45) is -3.78. The lowest BCUT2D eigenvalue weighted by atomic mass is 9.90. The van der Waals surface area contributed by atoms with Gasteiger partial charge in [0, 0.05) is 44.2 Å². The van der Waals surface area contributed by atoms with E-state index in [1.54, 1.807) is 41.5 Å². The molecule has 0 radical (unpaired) electrons. The second-order valence-corrected chi connectivity index (χ2v) is 16.1. The molecular formula is C36H47F3N4O9S. The zero-order valence-corrected chi connectivity index (χ0v) is 31.9. The first-order valence-electron chi connectivity index (χ1n) is 17.3. The van der Waals surface area contributed by atoms with E-state index in [-0.39, 0.29) is 54.7 Å². The molecule has 2 heterocycles. The molecule has 4 amide bonds. The minimum atomic E-state index is -5.05. The number of carbonyl (C=O) groups excluding carboxylic acids is 4. The number of alkyl halides is 3. The monoisotopic (exact) mass is 768 g/mol. The zero-order chi connectivity index (χ0) is 39.7. The quantitative estimate of drug-likeness (QED) is 0.311. The molecular weight excluding hydrogens is 721 g/mol. The number of halogens is 3. The van der Waals surface area contributed by atoms with Crippen LogP contribution in [0, 0.1) is 0 Å². The number of hydrogen-bond donors (Lipinski definition) is 1. The van der Waals surface area contributed by atoms with E-state index in [0.717, 1.165) is 17.2 Å². The number of nitrogens with zero attached hydrogens (tertiary/aromatic N) is 3. The minimum Gasteiger partial charge on any atom is -0.471 e. The summed E-state index contributed by atoms with van der Waals surface area (Å²) in [4.78, 5) is 57.7. The third kappa shape index (κ3) is 9.72. The smallest absolute Gasteiger partial charge is 0.417 e. The fourth-order valence-corrected chi connectivity index (χ4v) is 6.85. The molecule has 0 saturated carbocycles. The van der Waals surface area contributed by atoms with Gasteiger partial charge in [-0.25, -0.2) is 4.79 Å². The predicted octanol–water partition coefficient (Wildman–Crippen LogP) is 5.46. The van der Waals surface area contributed by atoms with Crippen molar-refractivity contribution >= 4 is 39.6 Å². The van der Waals surface area contributed by atoms with Crippen LogP contribution in [0.3, 0.4) is 0 Å². The van der Waals surface area contributed by atoms with E-state index in [2.05, 4.69) is 5.32 Å². The summed E-state index contributed by atoms with van der Waals surface area (Å²) in [7, 11) is -3.97. The van der Waals surface area contributed by atoms with Crippen LogP contribution in [0.15, 0.2) is 36.4 Å². The molecule has 1 saturated heterocycles. The molecule has 13 nitrogen and oxygen atoms in total. The molecule has 1 N–H and O–H groups in total. The maximum Gasteiger partial charge on any atom is 0.417 e. The molecule has 2 aromatic rings. The van der Waals surface area contributed by atoms with Gasteiger partial charge in [0.25, 0.3) is 11.8 Å². The number of amides is 4. The molecule has 292 valence electrons. The third-order valence-corrected chi connectivity index (χ3v) is 9.23. The van der Waals surface area contributed by atoms with Crippen LogP contribution in [0.25, 0.3) is 0 Å². The number of carbonyl (C=O) groups is 4. The highest BCUT2D eigenvalue weighted by atomic mass is 32.2. The van der Waals surface area contributed by atoms with Crippen LogP contribution in [0.1, 0.15) is 89.2 Å². The van der Waals surface area contributed by atoms with Crippen molar-refractivity contribution < 1.29 is 54.4 Å². The number of piperidine rings is 1. The van der Waals surface area contributed by atoms with Crippen molar-refractivity contribution in [1.82, 2.24) is 15.1 Å². The molecule has 17 heteroatoms. The highest BCUT2D eigenvalue weighted by Gasteiger charge is 2.49. The van der Waals surface area contributed by atoms with Gasteiger partial charge >= 0.3 is 22.4 Å². The zero-order valence-electron chi connectivity index (χ0n) is 31.1. The molecule has 53 heavy (non-hydrogen) atoms. The Balaban J connectivity index is 1.83. The Morgan fingerprint density at radius 2 is 1.81 bits per heavy atom. The average molecular weight is 769 g/mol. The van der Waals surface area contributed by atoms with Crippen molar-refractivity contribution in [3.63, 3.8) is 0 Å². The number of fused-ring (bicyclic) bond motifs is 1. The van der Waals surface area contributed by atoms with Gasteiger partial charge in [-0.1, -0.05) is 19.1 Å². The van der Waals surface area contributed by atoms with Crippen LogP contribution in [-0.4, -0.2) is 92.2 Å². The Morgan fingerprint density at radius 3 is 2.40 bits per heavy atom. The summed E-state index contributed by atoms with van der Waals surface area (Å²) in [5.41, 5.74) is -4.88. The molecule has 0 bridgehead atoms. The van der Waals surface area contributed by atoms with Crippen molar-refractivity contribution in [1.29, 1.82) is 0 Å². The minimum absolute atomic E-state index is 0.0381. The van der Waals surface area contributed by atoms with E-state index >= 15 is 0 Å². The lowest BCUT2D eigenvalue weighted by Gasteiger charge is -2.43. The Hall–Kier alpha value is -4.54. The van der Waals surface area contributed by atoms with Crippen molar-refractivity contribution in [2.45, 2.75) is 97.2 Å². The number of rotatable bonds is 10. The van der Waals surface area contributed by atoms with Crippen molar-refractivity contribution in [3.8, 4) is 11.5 Å². The molecule has 2 aromatic carbocycles. The highest BCUT2D eigenvalue weighted by Crippen LogP contribution is 2.47. The van der Waals surface area contributed by atoms with E-state index < -0.39 is 68.6 Å². The van der Waals surface area contributed by atoms with Gasteiger partial charge < -0.3 is 33.7 Å². The lowest BCUT2D eigenvalue weighted by molar-refractivity contribution is -0.138. The number of anilines is 1. The van der Waals surface area contributed by atoms with E-state index in [1.807, 2.05) is 0 Å². The van der Waals surface area contributed by atoms with E-state index in [0.29, 0.717) is 25.5 Å². The second-order valence-electron chi connectivity index (χ2n) is 14.5. The van der Waals surface area contributed by atoms with Crippen LogP contribution < -0.4 is 19.1 Å². The van der Waals surface area contributed by atoms with Gasteiger partial charge in [0.15, 0.2) is 0 Å². The fraction of sp³-hybridized carbons (Fsp3) is 0.556. The Kier molecular flexibility index (Phi) is 12.0. The summed E-state index contributed by atoms with van der Waals surface area (Å²) < 4.78 is 85.1. The number of ether oxygens (including phenoxy) is 2. The summed E-state index contributed by atoms with van der Waals surface area (Å²) in [6, 6.07) is 5.80. The van der Waals surface area contributed by atoms with Crippen molar-refractivity contribution in [2.24, 2.45) is 0 Å². The van der Waals surface area contributed by atoms with Crippen molar-refractivity contribution in [3.05, 3.63) is 53.1 Å². The van der Waals surface area contributed by atoms with Crippen LogP contribution >= 0.6 is 0 Å². The molecule has 0 aliphatic carbocycles. The van der Waals surface area contributed by atoms with Gasteiger partial charge in [0.05, 0.1) is 29.1 Å². The van der Waals surface area contributed by atoms with Gasteiger partial charge in [-0.05, 0) is 78.6 Å². The first kappa shape index (κ1) is 41.2. The van der Waals surface area contributed by atoms with Crippen LogP contribution in [0.2, 0.25) is 0 Å². The first-order valence-corrected chi connectivity index (χ1v) is 19.1. The van der Waals surface area contributed by atoms with Gasteiger partial charge in [0.1, 0.15) is 17.1 Å². The third-order valence-electron chi connectivity index (χ3n) is 8.74. The summed E-state index contributed by atoms with van der Waals surface area (Å²) in [5.74, 6) is -2.59. The summed E-state index contributed by atoms with van der Waals surface area (Å²) in [5, 5.41) is 2.65. The van der Waals surface area contributed by atoms with Gasteiger partial charge in [0.2, 0.25) is 11.5 Å². The molecule has 0 spiro atoms. The van der Waals surface area contributed by atoms with Crippen LogP contribution in [0.5, 0.6) is 11.5 Å². The Labute approximate surface area is 307 Å². The van der Waals surface area contributed by atoms with Crippen molar-refractivity contribution in [2.75, 3.05) is 37.3 Å². The largest absolute Gasteiger partial charge is 0.471 e. The van der Waals surface area contributed by atoms with Crippen LogP contribution in [0.4, 0.5) is 23.7 Å². The molecule has 1 unspecified atom stereocenters. The van der Waals surface area contributed by atoms with E-state index in [4.69, 9.17) is 13.7 Å². The first-order chi connectivity index (χ1) is 24.4. The Morgan fingerprint density at radius 1 is 1.13 bits per heavy atom. The van der Waals surface area contributed by atoms with Gasteiger partial charge in [-0.15, -0.1) is 0 Å². The maximum absolute atomic E-state index is 14.9. The average Bonchev–Trinajstić information content (AvgIpc) is 3.04. The predicted molar refractivity (Wildman–Crippen MR) is 189 cm³/mol. The molecule has 1 fully saturated rings. The van der Waals surface area contributed by atoms with Gasteiger partial charge in [-0.3, -0.25) is 14.4 Å². The fourth-order valence-electron chi connectivity index (χ4n) is 6.39. The molecule has 2 aliphatic rings. The lowest BCUT2D eigenvalue weighted by Crippen LogP contribution is -2.55. The molecule has 0 aromatic heterocycles. The van der Waals surface area contributed by atoms with Crippen LogP contribution in [-0.2, 0) is 36.2 Å². The number of nitrogens with one attached hydrogen (secondary N) is 1. The number of hydrogen-bond acceptors (Lipinski definition) is 9. The SMILES string of the molecule is CCC(=O)NCCN1C(=O)C(C)(c2cccc(OS(C)(=O)=O)c2)Oc2cc(C(F)(F)F)c(C(=O)N(C(C)C)[C@@H]3CCCN(C(=O)OC(C)(C)C)C3)cc21. The van der Waals surface area contributed by atoms with Gasteiger partial charge in [-0.2, -0.15) is 21.6 Å². The molecule has 4 rings (SSSR count). The summed E-state index contributed by atoms with van der Waals surface area (Å²) >= 11 is 0. The second kappa shape index (κ2) is 15.4. The Bertz CT molecular complexity index is 1850. The standard InChI is InChI=1S/C36H47F3N4O9S/c1-9-30(44)40-15-17-42-28-19-26(31(45)43(22(2)3)24-13-11-16-41(21-24)33(47)51-34(4,5)6)27(36(37,38)39)20-29(28)50-35(7,32(42)46)23-12-10-14-25(18-23)52-53(8,48)49/h10,12,14,18-20,22,24H,9,11,13,15-17,21H2,1-8H3,(H,40,44)/t24-,35?/m1/s1. The summed E-state index contributed by atoms with van der Waals surface area (Å²) in [6.45, 7) is 11.5. The normalized spacial score (nSPS) is 19.3. The number of likely N-dealkylation sites (tertiary alicyclic amines) is 1. The van der Waals surface area contributed by atoms with E-state index in [9.17, 15) is 40.8 Å². The highest BCUT2D eigenvalue weighted by molar-refractivity contribution is 7.86. The number of benzene rings is 2. The van der Waals surface area contributed by atoms with E-state index in [1.165, 1.54) is 41.0 Å². The maximum atomic E-state index is 14.9. The molecule has 2 atom stereocenters. The molecule has 2 aliphatic heterocycles.